The number of hydrogen-bond donors (Lipinski definition) is 1. The summed E-state index contributed by atoms with van der Waals surface area (Å²) in [7, 11) is 1.84. The Morgan fingerprint density at radius 2 is 1.93 bits per heavy atom. The number of rotatable bonds is 4. The van der Waals surface area contributed by atoms with E-state index in [1.165, 1.54) is 4.57 Å². The number of aryl methyl sites for hydroxylation is 3. The van der Waals surface area contributed by atoms with Gasteiger partial charge in [0.1, 0.15) is 5.52 Å². The summed E-state index contributed by atoms with van der Waals surface area (Å²) in [5.41, 5.74) is 5.21. The van der Waals surface area contributed by atoms with Gasteiger partial charge in [-0.25, -0.2) is 19.3 Å². The molecule has 0 amide bonds. The van der Waals surface area contributed by atoms with Crippen molar-refractivity contribution in [2.75, 3.05) is 0 Å². The summed E-state index contributed by atoms with van der Waals surface area (Å²) < 4.78 is 9.46. The first kappa shape index (κ1) is 18.1. The quantitative estimate of drug-likeness (QED) is 0.497. The molecule has 1 N–H and O–H groups in total. The molecular formula is C22H20N6O2. The number of imidazole rings is 2. The van der Waals surface area contributed by atoms with Crippen molar-refractivity contribution in [3.05, 3.63) is 70.4 Å². The maximum absolute atomic E-state index is 12.9. The van der Waals surface area contributed by atoms with Gasteiger partial charge in [0.25, 0.3) is 0 Å². The smallest absolute Gasteiger partial charge is 0.332 e. The number of H-pyrrole nitrogens is 1. The SMILES string of the molecule is CCc1cnc2c([nH]c(=O)n2-c2ccccc2Oc2nc3cccnc3n2C)c1C. The van der Waals surface area contributed by atoms with Crippen molar-refractivity contribution < 1.29 is 4.74 Å². The van der Waals surface area contributed by atoms with Gasteiger partial charge < -0.3 is 9.72 Å². The van der Waals surface area contributed by atoms with E-state index in [-0.39, 0.29) is 5.69 Å². The van der Waals surface area contributed by atoms with E-state index in [2.05, 4.69) is 26.9 Å². The van der Waals surface area contributed by atoms with E-state index in [1.54, 1.807) is 16.8 Å². The molecule has 150 valence electrons. The molecule has 1 aromatic carbocycles. The van der Waals surface area contributed by atoms with Crippen LogP contribution in [0.2, 0.25) is 0 Å². The van der Waals surface area contributed by atoms with Crippen LogP contribution in [0.4, 0.5) is 0 Å². The minimum absolute atomic E-state index is 0.267. The molecule has 0 fully saturated rings. The molecule has 8 heteroatoms. The van der Waals surface area contributed by atoms with Gasteiger partial charge in [-0.2, -0.15) is 4.98 Å². The van der Waals surface area contributed by atoms with Crippen LogP contribution in [0.3, 0.4) is 0 Å². The molecule has 0 unspecified atom stereocenters. The lowest BCUT2D eigenvalue weighted by molar-refractivity contribution is 0.425. The van der Waals surface area contributed by atoms with Crippen molar-refractivity contribution >= 4 is 22.3 Å². The first-order valence-corrected chi connectivity index (χ1v) is 9.72. The standard InChI is InChI=1S/C22H20N6O2/c1-4-14-12-24-20-18(13(14)2)26-21(29)28(20)16-9-5-6-10-17(16)30-22-25-15-8-7-11-23-19(15)27(22)3/h5-12H,4H2,1-3H3,(H,26,29). The molecule has 0 spiro atoms. The molecule has 0 saturated heterocycles. The summed E-state index contributed by atoms with van der Waals surface area (Å²) >= 11 is 0. The normalized spacial score (nSPS) is 11.4. The summed E-state index contributed by atoms with van der Waals surface area (Å²) in [4.78, 5) is 29.3. The number of hydrogen-bond acceptors (Lipinski definition) is 5. The minimum Gasteiger partial charge on any atom is -0.423 e. The van der Waals surface area contributed by atoms with E-state index in [9.17, 15) is 4.79 Å². The predicted molar refractivity (Wildman–Crippen MR) is 114 cm³/mol. The lowest BCUT2D eigenvalue weighted by atomic mass is 10.1. The summed E-state index contributed by atoms with van der Waals surface area (Å²) in [6.45, 7) is 4.07. The third-order valence-corrected chi connectivity index (χ3v) is 5.34. The molecule has 0 aliphatic heterocycles. The van der Waals surface area contributed by atoms with Crippen LogP contribution in [0.1, 0.15) is 18.1 Å². The van der Waals surface area contributed by atoms with E-state index in [0.717, 1.165) is 34.2 Å². The Hall–Kier alpha value is -3.94. The van der Waals surface area contributed by atoms with Crippen LogP contribution in [0.25, 0.3) is 28.0 Å². The second kappa shape index (κ2) is 6.84. The third-order valence-electron chi connectivity index (χ3n) is 5.34. The number of nitrogens with zero attached hydrogens (tertiary/aromatic N) is 5. The van der Waals surface area contributed by atoms with E-state index >= 15 is 0 Å². The molecule has 4 aromatic heterocycles. The van der Waals surface area contributed by atoms with Gasteiger partial charge in [0.05, 0.1) is 11.2 Å². The number of pyridine rings is 2. The van der Waals surface area contributed by atoms with Crippen molar-refractivity contribution in [1.82, 2.24) is 29.1 Å². The molecule has 30 heavy (non-hydrogen) atoms. The Kier molecular flexibility index (Phi) is 4.13. The maximum atomic E-state index is 12.9. The maximum Gasteiger partial charge on any atom is 0.332 e. The van der Waals surface area contributed by atoms with Crippen LogP contribution in [0.15, 0.2) is 53.6 Å². The van der Waals surface area contributed by atoms with Gasteiger partial charge in [-0.05, 0) is 48.7 Å². The highest BCUT2D eigenvalue weighted by Gasteiger charge is 2.18. The molecule has 0 bridgehead atoms. The summed E-state index contributed by atoms with van der Waals surface area (Å²) in [5.74, 6) is 0.498. The fraction of sp³-hybridized carbons (Fsp3) is 0.182. The molecule has 0 aliphatic carbocycles. The zero-order valence-electron chi connectivity index (χ0n) is 16.9. The lowest BCUT2D eigenvalue weighted by Gasteiger charge is -2.11. The van der Waals surface area contributed by atoms with E-state index in [1.807, 2.05) is 50.5 Å². The number of aromatic amines is 1. The Balaban J connectivity index is 1.67. The first-order valence-electron chi connectivity index (χ1n) is 9.72. The summed E-state index contributed by atoms with van der Waals surface area (Å²) in [6.07, 6.45) is 4.39. The third kappa shape index (κ3) is 2.68. The fourth-order valence-corrected chi connectivity index (χ4v) is 3.71. The number of benzene rings is 1. The second-order valence-corrected chi connectivity index (χ2v) is 7.10. The van der Waals surface area contributed by atoms with Crippen LogP contribution in [-0.2, 0) is 13.5 Å². The zero-order valence-corrected chi connectivity index (χ0v) is 16.9. The van der Waals surface area contributed by atoms with Crippen LogP contribution in [0, 0.1) is 6.92 Å². The molecule has 0 radical (unpaired) electrons. The van der Waals surface area contributed by atoms with Crippen LogP contribution in [0.5, 0.6) is 11.8 Å². The zero-order chi connectivity index (χ0) is 20.8. The second-order valence-electron chi connectivity index (χ2n) is 7.10. The van der Waals surface area contributed by atoms with Crippen molar-refractivity contribution in [1.29, 1.82) is 0 Å². The molecule has 4 heterocycles. The predicted octanol–water partition coefficient (Wildman–Crippen LogP) is 3.66. The van der Waals surface area contributed by atoms with Crippen molar-refractivity contribution in [2.24, 2.45) is 7.05 Å². The van der Waals surface area contributed by atoms with Gasteiger partial charge in [-0.15, -0.1) is 0 Å². The minimum atomic E-state index is -0.267. The average molecular weight is 400 g/mol. The number of para-hydroxylation sites is 2. The number of ether oxygens (including phenoxy) is 1. The average Bonchev–Trinajstić information content (AvgIpc) is 3.26. The van der Waals surface area contributed by atoms with Crippen LogP contribution >= 0.6 is 0 Å². The fourth-order valence-electron chi connectivity index (χ4n) is 3.71. The van der Waals surface area contributed by atoms with Crippen LogP contribution in [-0.4, -0.2) is 29.1 Å². The van der Waals surface area contributed by atoms with E-state index in [4.69, 9.17) is 4.74 Å². The van der Waals surface area contributed by atoms with Gasteiger partial charge >= 0.3 is 11.7 Å². The largest absolute Gasteiger partial charge is 0.423 e. The number of aromatic nitrogens is 6. The van der Waals surface area contributed by atoms with Gasteiger partial charge in [0.15, 0.2) is 17.0 Å². The van der Waals surface area contributed by atoms with Gasteiger partial charge in [-0.1, -0.05) is 19.1 Å². The molecule has 0 saturated carbocycles. The number of fused-ring (bicyclic) bond motifs is 2. The van der Waals surface area contributed by atoms with Crippen molar-refractivity contribution in [2.45, 2.75) is 20.3 Å². The summed E-state index contributed by atoms with van der Waals surface area (Å²) in [5, 5.41) is 0. The Labute approximate surface area is 171 Å². The molecular weight excluding hydrogens is 380 g/mol. The Bertz CT molecular complexity index is 1460. The molecule has 0 atom stereocenters. The highest BCUT2D eigenvalue weighted by molar-refractivity contribution is 5.78. The van der Waals surface area contributed by atoms with E-state index in [0.29, 0.717) is 23.1 Å². The van der Waals surface area contributed by atoms with Gasteiger partial charge in [0.2, 0.25) is 0 Å². The highest BCUT2D eigenvalue weighted by atomic mass is 16.5. The van der Waals surface area contributed by atoms with Crippen molar-refractivity contribution in [3.8, 4) is 17.4 Å². The lowest BCUT2D eigenvalue weighted by Crippen LogP contribution is -2.15. The topological polar surface area (TPSA) is 90.6 Å². The van der Waals surface area contributed by atoms with Crippen LogP contribution < -0.4 is 10.4 Å². The Morgan fingerprint density at radius 1 is 1.10 bits per heavy atom. The molecule has 5 rings (SSSR count). The first-order chi connectivity index (χ1) is 14.6. The van der Waals surface area contributed by atoms with Crippen molar-refractivity contribution in [3.63, 3.8) is 0 Å². The molecule has 8 nitrogen and oxygen atoms in total. The van der Waals surface area contributed by atoms with Gasteiger partial charge in [0, 0.05) is 19.4 Å². The molecule has 0 aliphatic rings. The van der Waals surface area contributed by atoms with E-state index < -0.39 is 0 Å². The number of nitrogens with one attached hydrogen (secondary N) is 1. The van der Waals surface area contributed by atoms with Gasteiger partial charge in [-0.3, -0.25) is 4.57 Å². The highest BCUT2D eigenvalue weighted by Crippen LogP contribution is 2.30. The monoisotopic (exact) mass is 400 g/mol. The Morgan fingerprint density at radius 3 is 2.73 bits per heavy atom. The molecule has 5 aromatic rings. The summed E-state index contributed by atoms with van der Waals surface area (Å²) in [6, 6.07) is 11.4.